The van der Waals surface area contributed by atoms with Gasteiger partial charge >= 0.3 is 0 Å². The molecule has 0 amide bonds. The average molecular weight is 555 g/mol. The minimum Gasteiger partial charge on any atom is -0.364 e. The molecule has 10 nitrogen and oxygen atoms in total. The van der Waals surface area contributed by atoms with Crippen LogP contribution < -0.4 is 10.2 Å². The van der Waals surface area contributed by atoms with Crippen LogP contribution in [-0.2, 0) is 22.3 Å². The smallest absolute Gasteiger partial charge is 0.220 e. The van der Waals surface area contributed by atoms with Gasteiger partial charge < -0.3 is 19.6 Å². The zero-order chi connectivity index (χ0) is 20.1. The van der Waals surface area contributed by atoms with Crippen molar-refractivity contribution < 1.29 is 12.9 Å². The Hall–Kier alpha value is -1.45. The largest absolute Gasteiger partial charge is 0.364 e. The molecule has 29 heavy (non-hydrogen) atoms. The van der Waals surface area contributed by atoms with Crippen molar-refractivity contribution >= 4 is 56.4 Å². The van der Waals surface area contributed by atoms with E-state index >= 15 is 0 Å². The van der Waals surface area contributed by atoms with Gasteiger partial charge in [-0.1, -0.05) is 5.16 Å². The van der Waals surface area contributed by atoms with E-state index in [-0.39, 0.29) is 29.7 Å². The Kier molecular flexibility index (Phi) is 8.66. The van der Waals surface area contributed by atoms with Gasteiger partial charge in [-0.3, -0.25) is 4.99 Å². The Balaban J connectivity index is 0.00000300. The van der Waals surface area contributed by atoms with Gasteiger partial charge in [-0.25, -0.2) is 13.4 Å². The molecule has 162 valence electrons. The third kappa shape index (κ3) is 6.26. The summed E-state index contributed by atoms with van der Waals surface area (Å²) in [7, 11) is 2.24. The molecule has 0 aromatic carbocycles. The quantitative estimate of drug-likeness (QED) is 0.320. The number of rotatable bonds is 6. The number of nitrogens with zero attached hydrogens (tertiary/aromatic N) is 6. The van der Waals surface area contributed by atoms with Crippen LogP contribution >= 0.6 is 35.3 Å². The van der Waals surface area contributed by atoms with Crippen LogP contribution in [0.1, 0.15) is 11.4 Å². The van der Waals surface area contributed by atoms with Crippen LogP contribution in [0.25, 0.3) is 0 Å². The number of thiazole rings is 1. The van der Waals surface area contributed by atoms with E-state index in [0.717, 1.165) is 16.8 Å². The van der Waals surface area contributed by atoms with Crippen molar-refractivity contribution in [2.24, 2.45) is 4.99 Å². The Labute approximate surface area is 192 Å². The summed E-state index contributed by atoms with van der Waals surface area (Å²) in [5, 5.41) is 9.97. The normalized spacial score (nSPS) is 15.8. The molecular formula is C16H26IN7O3S2. The summed E-state index contributed by atoms with van der Waals surface area (Å²) >= 11 is 1.59. The zero-order valence-corrected chi connectivity index (χ0v) is 20.6. The lowest BCUT2D eigenvalue weighted by Crippen LogP contribution is -2.53. The van der Waals surface area contributed by atoms with E-state index in [1.165, 1.54) is 10.6 Å². The molecule has 0 unspecified atom stereocenters. The van der Waals surface area contributed by atoms with Gasteiger partial charge in [0.25, 0.3) is 0 Å². The highest BCUT2D eigenvalue weighted by Crippen LogP contribution is 2.18. The van der Waals surface area contributed by atoms with Gasteiger partial charge in [-0.15, -0.1) is 35.3 Å². The number of halogens is 1. The van der Waals surface area contributed by atoms with E-state index < -0.39 is 10.0 Å². The van der Waals surface area contributed by atoms with Crippen molar-refractivity contribution in [1.29, 1.82) is 0 Å². The number of hydrogen-bond donors (Lipinski definition) is 1. The molecule has 0 radical (unpaired) electrons. The fourth-order valence-electron chi connectivity index (χ4n) is 2.85. The highest BCUT2D eigenvalue weighted by molar-refractivity contribution is 14.0. The molecule has 3 rings (SSSR count). The average Bonchev–Trinajstić information content (AvgIpc) is 3.34. The fourth-order valence-corrected chi connectivity index (χ4v) is 5.04. The highest BCUT2D eigenvalue weighted by Gasteiger charge is 2.29. The number of aromatic nitrogens is 2. The number of piperazine rings is 1. The summed E-state index contributed by atoms with van der Waals surface area (Å²) < 4.78 is 31.3. The Morgan fingerprint density at radius 1 is 1.31 bits per heavy atom. The fraction of sp³-hybridized carbons (Fsp3) is 0.562. The molecule has 1 saturated heterocycles. The second-order valence-corrected chi connectivity index (χ2v) is 9.36. The molecule has 0 spiro atoms. The summed E-state index contributed by atoms with van der Waals surface area (Å²) in [5.41, 5.74) is 1.36. The van der Waals surface area contributed by atoms with Crippen molar-refractivity contribution in [3.05, 3.63) is 29.1 Å². The van der Waals surface area contributed by atoms with Crippen molar-refractivity contribution in [3.63, 3.8) is 0 Å². The van der Waals surface area contributed by atoms with Crippen LogP contribution in [0.5, 0.6) is 0 Å². The maximum atomic E-state index is 12.5. The van der Waals surface area contributed by atoms with Crippen molar-refractivity contribution in [3.8, 4) is 0 Å². The van der Waals surface area contributed by atoms with Crippen LogP contribution in [0.3, 0.4) is 0 Å². The summed E-state index contributed by atoms with van der Waals surface area (Å²) in [5.74, 6) is 0.599. The number of hydrogen-bond acceptors (Lipinski definition) is 8. The minimum absolute atomic E-state index is 0. The van der Waals surface area contributed by atoms with Crippen molar-refractivity contribution in [2.75, 3.05) is 52.2 Å². The molecule has 1 N–H and O–H groups in total. The first kappa shape index (κ1) is 23.8. The van der Waals surface area contributed by atoms with Gasteiger partial charge in [0.05, 0.1) is 17.9 Å². The molecule has 0 saturated carbocycles. The molecule has 2 aromatic heterocycles. The molecule has 1 aliphatic rings. The Bertz CT molecular complexity index is 892. The third-order valence-corrected chi connectivity index (χ3v) is 7.18. The summed E-state index contributed by atoms with van der Waals surface area (Å²) in [6.07, 6.45) is 1.38. The van der Waals surface area contributed by atoms with Gasteiger partial charge in [0.1, 0.15) is 12.0 Å². The van der Waals surface area contributed by atoms with E-state index in [4.69, 9.17) is 4.52 Å². The summed E-state index contributed by atoms with van der Waals surface area (Å²) in [4.78, 5) is 12.9. The molecule has 1 fully saturated rings. The van der Waals surface area contributed by atoms with E-state index in [1.807, 2.05) is 24.4 Å². The SMILES string of the molecule is CN=C(NCc1csc(N(C)C)n1)N1CCN(S(=O)(=O)Cc2ccon2)CC1.I. The van der Waals surface area contributed by atoms with Crippen molar-refractivity contribution in [1.82, 2.24) is 24.7 Å². The highest BCUT2D eigenvalue weighted by atomic mass is 127. The van der Waals surface area contributed by atoms with Gasteiger partial charge in [-0.2, -0.15) is 4.31 Å². The lowest BCUT2D eigenvalue weighted by molar-refractivity contribution is 0.259. The topological polar surface area (TPSA) is 107 Å². The first-order chi connectivity index (χ1) is 13.4. The lowest BCUT2D eigenvalue weighted by Gasteiger charge is -2.35. The maximum absolute atomic E-state index is 12.5. The van der Waals surface area contributed by atoms with Gasteiger partial charge in [0, 0.05) is 58.8 Å². The number of anilines is 1. The summed E-state index contributed by atoms with van der Waals surface area (Å²) in [6.45, 7) is 2.52. The van der Waals surface area contributed by atoms with Gasteiger partial charge in [0.2, 0.25) is 10.0 Å². The summed E-state index contributed by atoms with van der Waals surface area (Å²) in [6, 6.07) is 1.57. The second kappa shape index (κ2) is 10.5. The van der Waals surface area contributed by atoms with E-state index in [2.05, 4.69) is 25.3 Å². The maximum Gasteiger partial charge on any atom is 0.220 e. The van der Waals surface area contributed by atoms with E-state index in [0.29, 0.717) is 38.4 Å². The standard InChI is InChI=1S/C16H25N7O3S2.HI/c1-17-15(18-10-14-11-27-16(19-14)21(2)3)22-5-7-23(8-6-22)28(24,25)12-13-4-9-26-20-13;/h4,9,11H,5-8,10,12H2,1-3H3,(H,17,18);1H. The van der Waals surface area contributed by atoms with Crippen LogP contribution in [-0.4, -0.2) is 81.0 Å². The molecule has 0 bridgehead atoms. The second-order valence-electron chi connectivity index (χ2n) is 6.55. The molecule has 1 aliphatic heterocycles. The van der Waals surface area contributed by atoms with Gasteiger partial charge in [0.15, 0.2) is 11.1 Å². The first-order valence-electron chi connectivity index (χ1n) is 8.83. The predicted octanol–water partition coefficient (Wildman–Crippen LogP) is 1.04. The molecular weight excluding hydrogens is 529 g/mol. The Morgan fingerprint density at radius 3 is 2.59 bits per heavy atom. The molecule has 0 aliphatic carbocycles. The number of nitrogens with one attached hydrogen (secondary N) is 1. The monoisotopic (exact) mass is 555 g/mol. The zero-order valence-electron chi connectivity index (χ0n) is 16.6. The van der Waals surface area contributed by atoms with Crippen LogP contribution in [0.4, 0.5) is 5.13 Å². The van der Waals surface area contributed by atoms with Crippen LogP contribution in [0.2, 0.25) is 0 Å². The number of guanidine groups is 1. The molecule has 0 atom stereocenters. The first-order valence-corrected chi connectivity index (χ1v) is 11.3. The van der Waals surface area contributed by atoms with Crippen LogP contribution in [0.15, 0.2) is 27.2 Å². The number of aliphatic imine (C=N–C) groups is 1. The third-order valence-electron chi connectivity index (χ3n) is 4.31. The molecule has 2 aromatic rings. The molecule has 13 heteroatoms. The van der Waals surface area contributed by atoms with Gasteiger partial charge in [-0.05, 0) is 0 Å². The lowest BCUT2D eigenvalue weighted by atomic mass is 10.4. The predicted molar refractivity (Wildman–Crippen MR) is 124 cm³/mol. The minimum atomic E-state index is -3.41. The van der Waals surface area contributed by atoms with E-state index in [9.17, 15) is 8.42 Å². The number of sulfonamides is 1. The van der Waals surface area contributed by atoms with Crippen molar-refractivity contribution in [2.45, 2.75) is 12.3 Å². The van der Waals surface area contributed by atoms with E-state index in [1.54, 1.807) is 24.5 Å². The Morgan fingerprint density at radius 2 is 2.03 bits per heavy atom. The molecule has 3 heterocycles. The van der Waals surface area contributed by atoms with Crippen LogP contribution in [0, 0.1) is 0 Å².